The van der Waals surface area contributed by atoms with Crippen molar-refractivity contribution in [3.05, 3.63) is 0 Å². The molecule has 1 saturated carbocycles. The Morgan fingerprint density at radius 2 is 1.81 bits per heavy atom. The maximum Gasteiger partial charge on any atom is 0.193 e. The number of fused-ring (bicyclic) bond motifs is 1. The molecule has 0 aromatic heterocycles. The zero-order valence-electron chi connectivity index (χ0n) is 14.5. The summed E-state index contributed by atoms with van der Waals surface area (Å²) in [5.41, 5.74) is 0.138. The van der Waals surface area contributed by atoms with Gasteiger partial charge in [0.2, 0.25) is 0 Å². The van der Waals surface area contributed by atoms with Gasteiger partial charge in [-0.25, -0.2) is 0 Å². The Hall–Kier alpha value is -0.770. The highest BCUT2D eigenvalue weighted by atomic mass is 16.5. The monoisotopic (exact) mass is 295 g/mol. The second-order valence-corrected chi connectivity index (χ2v) is 7.73. The lowest BCUT2D eigenvalue weighted by Gasteiger charge is -2.31. The summed E-state index contributed by atoms with van der Waals surface area (Å²) in [4.78, 5) is 6.95. The first-order chi connectivity index (χ1) is 9.95. The second kappa shape index (κ2) is 6.99. The fourth-order valence-corrected chi connectivity index (χ4v) is 3.84. The lowest BCUT2D eigenvalue weighted by molar-refractivity contribution is 0.0202. The van der Waals surface area contributed by atoms with Crippen molar-refractivity contribution >= 4 is 5.96 Å². The molecule has 1 saturated heterocycles. The summed E-state index contributed by atoms with van der Waals surface area (Å²) in [6.07, 6.45) is 5.83. The van der Waals surface area contributed by atoms with Crippen LogP contribution in [-0.2, 0) is 4.74 Å². The number of hydrogen-bond acceptors (Lipinski definition) is 2. The fourth-order valence-electron chi connectivity index (χ4n) is 3.84. The zero-order valence-corrected chi connectivity index (χ0v) is 14.5. The molecule has 2 aliphatic rings. The number of ether oxygens (including phenoxy) is 1. The lowest BCUT2D eigenvalue weighted by atomic mass is 9.82. The predicted molar refractivity (Wildman–Crippen MR) is 88.6 cm³/mol. The van der Waals surface area contributed by atoms with Gasteiger partial charge in [-0.05, 0) is 30.1 Å². The molecule has 122 valence electrons. The zero-order chi connectivity index (χ0) is 15.5. The van der Waals surface area contributed by atoms with Gasteiger partial charge in [-0.15, -0.1) is 0 Å². The van der Waals surface area contributed by atoms with E-state index < -0.39 is 0 Å². The van der Waals surface area contributed by atoms with Crippen LogP contribution in [0.3, 0.4) is 0 Å². The minimum atomic E-state index is 0.138. The summed E-state index contributed by atoms with van der Waals surface area (Å²) in [5, 5.41) is 3.53. The Morgan fingerprint density at radius 1 is 1.24 bits per heavy atom. The van der Waals surface area contributed by atoms with Gasteiger partial charge in [-0.2, -0.15) is 0 Å². The van der Waals surface area contributed by atoms with Crippen molar-refractivity contribution in [2.45, 2.75) is 52.6 Å². The van der Waals surface area contributed by atoms with Crippen molar-refractivity contribution in [2.24, 2.45) is 22.2 Å². The molecule has 1 aliphatic heterocycles. The van der Waals surface area contributed by atoms with E-state index in [4.69, 9.17) is 4.74 Å². The minimum Gasteiger partial charge on any atom is -0.379 e. The van der Waals surface area contributed by atoms with E-state index >= 15 is 0 Å². The third-order valence-corrected chi connectivity index (χ3v) is 5.18. The van der Waals surface area contributed by atoms with Gasteiger partial charge in [0.05, 0.1) is 6.10 Å². The van der Waals surface area contributed by atoms with E-state index in [9.17, 15) is 0 Å². The Balaban J connectivity index is 1.89. The van der Waals surface area contributed by atoms with Gasteiger partial charge in [0.15, 0.2) is 5.96 Å². The van der Waals surface area contributed by atoms with Crippen molar-refractivity contribution in [2.75, 3.05) is 33.8 Å². The summed E-state index contributed by atoms with van der Waals surface area (Å²) >= 11 is 0. The number of guanidine groups is 1. The van der Waals surface area contributed by atoms with Crippen LogP contribution in [0.4, 0.5) is 0 Å². The van der Waals surface area contributed by atoms with Crippen LogP contribution in [0, 0.1) is 17.3 Å². The molecule has 0 bridgehead atoms. The summed E-state index contributed by atoms with van der Waals surface area (Å²) in [7, 11) is 3.69. The Morgan fingerprint density at radius 3 is 2.24 bits per heavy atom. The third-order valence-electron chi connectivity index (χ3n) is 5.18. The largest absolute Gasteiger partial charge is 0.379 e. The molecule has 1 N–H and O–H groups in total. The van der Waals surface area contributed by atoms with E-state index in [1.165, 1.54) is 38.8 Å². The smallest absolute Gasteiger partial charge is 0.193 e. The van der Waals surface area contributed by atoms with Crippen LogP contribution in [0.2, 0.25) is 0 Å². The topological polar surface area (TPSA) is 36.9 Å². The summed E-state index contributed by atoms with van der Waals surface area (Å²) < 4.78 is 5.63. The number of likely N-dealkylation sites (tertiary alicyclic amines) is 1. The first-order valence-corrected chi connectivity index (χ1v) is 8.44. The van der Waals surface area contributed by atoms with Crippen LogP contribution in [0.5, 0.6) is 0 Å². The molecule has 3 atom stereocenters. The quantitative estimate of drug-likeness (QED) is 0.642. The molecule has 3 unspecified atom stereocenters. The molecule has 21 heavy (non-hydrogen) atoms. The standard InChI is InChI=1S/C17H33N3O/c1-17(2,3)15(21-5)10-19-16(18-4)20-11-13-8-6-7-9-14(13)12-20/h13-15H,6-12H2,1-5H3,(H,18,19). The molecule has 0 aromatic carbocycles. The van der Waals surface area contributed by atoms with Gasteiger partial charge in [0.25, 0.3) is 0 Å². The van der Waals surface area contributed by atoms with Crippen LogP contribution in [-0.4, -0.2) is 50.8 Å². The number of hydrogen-bond donors (Lipinski definition) is 1. The molecular formula is C17H33N3O. The molecule has 0 spiro atoms. The van der Waals surface area contributed by atoms with Gasteiger partial charge in [-0.3, -0.25) is 4.99 Å². The van der Waals surface area contributed by atoms with Gasteiger partial charge in [0, 0.05) is 33.8 Å². The van der Waals surface area contributed by atoms with Crippen LogP contribution in [0.1, 0.15) is 46.5 Å². The molecule has 1 heterocycles. The van der Waals surface area contributed by atoms with E-state index in [2.05, 4.69) is 36.0 Å². The molecule has 0 amide bonds. The number of nitrogens with one attached hydrogen (secondary N) is 1. The molecule has 2 rings (SSSR count). The molecular weight excluding hydrogens is 262 g/mol. The van der Waals surface area contributed by atoms with Gasteiger partial charge in [-0.1, -0.05) is 33.6 Å². The van der Waals surface area contributed by atoms with Crippen molar-refractivity contribution in [1.82, 2.24) is 10.2 Å². The van der Waals surface area contributed by atoms with E-state index in [1.54, 1.807) is 7.11 Å². The SMILES string of the molecule is CN=C(NCC(OC)C(C)(C)C)N1CC2CCCCC2C1. The van der Waals surface area contributed by atoms with Crippen molar-refractivity contribution in [3.8, 4) is 0 Å². The van der Waals surface area contributed by atoms with Gasteiger partial charge >= 0.3 is 0 Å². The summed E-state index contributed by atoms with van der Waals surface area (Å²) in [5.74, 6) is 2.83. The maximum absolute atomic E-state index is 5.63. The molecule has 1 aliphatic carbocycles. The van der Waals surface area contributed by atoms with Gasteiger partial charge < -0.3 is 15.0 Å². The van der Waals surface area contributed by atoms with Crippen molar-refractivity contribution < 1.29 is 4.74 Å². The molecule has 0 radical (unpaired) electrons. The predicted octanol–water partition coefficient (Wildman–Crippen LogP) is 2.74. The fraction of sp³-hybridized carbons (Fsp3) is 0.941. The van der Waals surface area contributed by atoms with E-state index in [-0.39, 0.29) is 11.5 Å². The number of aliphatic imine (C=N–C) groups is 1. The Labute approximate surface area is 130 Å². The summed E-state index contributed by atoms with van der Waals surface area (Å²) in [6, 6.07) is 0. The number of rotatable bonds is 3. The first kappa shape index (κ1) is 16.6. The maximum atomic E-state index is 5.63. The Bertz CT molecular complexity index is 348. The summed E-state index contributed by atoms with van der Waals surface area (Å²) in [6.45, 7) is 9.83. The lowest BCUT2D eigenvalue weighted by Crippen LogP contribution is -2.46. The Kier molecular flexibility index (Phi) is 5.53. The molecule has 0 aromatic rings. The van der Waals surface area contributed by atoms with Crippen LogP contribution in [0.15, 0.2) is 4.99 Å². The third kappa shape index (κ3) is 4.12. The molecule has 4 nitrogen and oxygen atoms in total. The highest BCUT2D eigenvalue weighted by Crippen LogP contribution is 2.35. The van der Waals surface area contributed by atoms with E-state index in [1.807, 2.05) is 7.05 Å². The average Bonchev–Trinajstić information content (AvgIpc) is 2.85. The highest BCUT2D eigenvalue weighted by Gasteiger charge is 2.36. The second-order valence-electron chi connectivity index (χ2n) is 7.73. The van der Waals surface area contributed by atoms with Crippen LogP contribution >= 0.6 is 0 Å². The van der Waals surface area contributed by atoms with Crippen molar-refractivity contribution in [3.63, 3.8) is 0 Å². The average molecular weight is 295 g/mol. The minimum absolute atomic E-state index is 0.138. The van der Waals surface area contributed by atoms with E-state index in [0.29, 0.717) is 0 Å². The highest BCUT2D eigenvalue weighted by molar-refractivity contribution is 5.80. The molecule has 2 fully saturated rings. The van der Waals surface area contributed by atoms with Crippen molar-refractivity contribution in [1.29, 1.82) is 0 Å². The van der Waals surface area contributed by atoms with Crippen LogP contribution in [0.25, 0.3) is 0 Å². The van der Waals surface area contributed by atoms with Crippen LogP contribution < -0.4 is 5.32 Å². The first-order valence-electron chi connectivity index (χ1n) is 8.44. The van der Waals surface area contributed by atoms with Gasteiger partial charge in [0.1, 0.15) is 0 Å². The number of nitrogens with zero attached hydrogens (tertiary/aromatic N) is 2. The normalized spacial score (nSPS) is 28.4. The number of methoxy groups -OCH3 is 1. The van der Waals surface area contributed by atoms with E-state index in [0.717, 1.165) is 24.3 Å². The molecule has 4 heteroatoms.